The SMILES string of the molecule is CC[C@H](C)[C@H](NC(=O)N1CCN(S(C)(=O)=O)CC1)C(=O)O. The number of sulfonamides is 1. The maximum atomic E-state index is 12.1. The van der Waals surface area contributed by atoms with E-state index >= 15 is 0 Å². The Labute approximate surface area is 125 Å². The zero-order valence-electron chi connectivity index (χ0n) is 12.6. The van der Waals surface area contributed by atoms with Gasteiger partial charge in [-0.3, -0.25) is 0 Å². The molecule has 0 unspecified atom stereocenters. The van der Waals surface area contributed by atoms with Gasteiger partial charge in [-0.25, -0.2) is 18.0 Å². The number of urea groups is 1. The lowest BCUT2D eigenvalue weighted by atomic mass is 9.99. The Balaban J connectivity index is 2.59. The van der Waals surface area contributed by atoms with Gasteiger partial charge in [-0.05, 0) is 5.92 Å². The Bertz CT molecular complexity index is 485. The van der Waals surface area contributed by atoms with Crippen molar-refractivity contribution in [2.75, 3.05) is 32.4 Å². The summed E-state index contributed by atoms with van der Waals surface area (Å²) in [4.78, 5) is 24.7. The van der Waals surface area contributed by atoms with Crippen molar-refractivity contribution in [1.29, 1.82) is 0 Å². The minimum absolute atomic E-state index is 0.177. The first kappa shape index (κ1) is 17.7. The molecular weight excluding hydrogens is 298 g/mol. The molecule has 1 aliphatic heterocycles. The zero-order chi connectivity index (χ0) is 16.2. The molecule has 0 saturated carbocycles. The predicted octanol–water partition coefficient (Wildman–Crippen LogP) is -0.227. The molecule has 0 spiro atoms. The van der Waals surface area contributed by atoms with Crippen molar-refractivity contribution in [1.82, 2.24) is 14.5 Å². The number of aliphatic carboxylic acids is 1. The van der Waals surface area contributed by atoms with Crippen LogP contribution in [-0.4, -0.2) is 73.2 Å². The van der Waals surface area contributed by atoms with Crippen LogP contribution in [0.5, 0.6) is 0 Å². The number of hydrogen-bond acceptors (Lipinski definition) is 4. The van der Waals surface area contributed by atoms with E-state index < -0.39 is 28.1 Å². The molecule has 1 aliphatic rings. The van der Waals surface area contributed by atoms with Gasteiger partial charge in [0.1, 0.15) is 6.04 Å². The molecule has 0 aromatic heterocycles. The van der Waals surface area contributed by atoms with Crippen LogP contribution in [0.25, 0.3) is 0 Å². The van der Waals surface area contributed by atoms with Crippen LogP contribution in [-0.2, 0) is 14.8 Å². The first-order valence-corrected chi connectivity index (χ1v) is 8.75. The van der Waals surface area contributed by atoms with E-state index in [1.807, 2.05) is 6.92 Å². The van der Waals surface area contributed by atoms with Crippen molar-refractivity contribution in [2.45, 2.75) is 26.3 Å². The molecular formula is C12H23N3O5S. The van der Waals surface area contributed by atoms with Gasteiger partial charge >= 0.3 is 12.0 Å². The molecule has 0 aromatic rings. The maximum absolute atomic E-state index is 12.1. The number of carboxylic acid groups (broad SMARTS) is 1. The molecule has 1 fully saturated rings. The van der Waals surface area contributed by atoms with Crippen LogP contribution in [0.3, 0.4) is 0 Å². The average Bonchev–Trinajstić information content (AvgIpc) is 2.42. The van der Waals surface area contributed by atoms with E-state index in [0.717, 1.165) is 6.26 Å². The van der Waals surface area contributed by atoms with E-state index in [-0.39, 0.29) is 32.1 Å². The van der Waals surface area contributed by atoms with Crippen LogP contribution in [0.4, 0.5) is 4.79 Å². The van der Waals surface area contributed by atoms with Gasteiger partial charge in [0.2, 0.25) is 10.0 Å². The van der Waals surface area contributed by atoms with Crippen molar-refractivity contribution < 1.29 is 23.1 Å². The lowest BCUT2D eigenvalue weighted by Crippen LogP contribution is -2.56. The van der Waals surface area contributed by atoms with E-state index in [4.69, 9.17) is 5.11 Å². The molecule has 0 radical (unpaired) electrons. The summed E-state index contributed by atoms with van der Waals surface area (Å²) in [7, 11) is -3.25. The van der Waals surface area contributed by atoms with Gasteiger partial charge in [0.05, 0.1) is 6.26 Å². The number of rotatable bonds is 5. The molecule has 0 bridgehead atoms. The highest BCUT2D eigenvalue weighted by molar-refractivity contribution is 7.88. The smallest absolute Gasteiger partial charge is 0.326 e. The minimum atomic E-state index is -3.25. The topological polar surface area (TPSA) is 107 Å². The van der Waals surface area contributed by atoms with E-state index in [1.165, 1.54) is 9.21 Å². The van der Waals surface area contributed by atoms with Gasteiger partial charge in [0.25, 0.3) is 0 Å². The largest absolute Gasteiger partial charge is 0.480 e. The molecule has 0 aliphatic carbocycles. The highest BCUT2D eigenvalue weighted by atomic mass is 32.2. The number of amides is 2. The second-order valence-corrected chi connectivity index (χ2v) is 7.28. The number of hydrogen-bond donors (Lipinski definition) is 2. The third-order valence-electron chi connectivity index (χ3n) is 3.75. The van der Waals surface area contributed by atoms with Crippen LogP contribution < -0.4 is 5.32 Å². The molecule has 122 valence electrons. The van der Waals surface area contributed by atoms with E-state index in [9.17, 15) is 18.0 Å². The molecule has 1 heterocycles. The Morgan fingerprint density at radius 2 is 1.76 bits per heavy atom. The van der Waals surface area contributed by atoms with Crippen LogP contribution in [0, 0.1) is 5.92 Å². The second-order valence-electron chi connectivity index (χ2n) is 5.30. The van der Waals surface area contributed by atoms with Crippen LogP contribution in [0.2, 0.25) is 0 Å². The van der Waals surface area contributed by atoms with E-state index in [2.05, 4.69) is 5.32 Å². The van der Waals surface area contributed by atoms with E-state index in [1.54, 1.807) is 6.92 Å². The molecule has 2 N–H and O–H groups in total. The summed E-state index contributed by atoms with van der Waals surface area (Å²) in [5.41, 5.74) is 0. The Kier molecular flexibility index (Phi) is 5.97. The highest BCUT2D eigenvalue weighted by Gasteiger charge is 2.30. The first-order valence-electron chi connectivity index (χ1n) is 6.90. The average molecular weight is 321 g/mol. The Morgan fingerprint density at radius 1 is 1.24 bits per heavy atom. The lowest BCUT2D eigenvalue weighted by molar-refractivity contribution is -0.140. The van der Waals surface area contributed by atoms with Gasteiger partial charge in [0.15, 0.2) is 0 Å². The second kappa shape index (κ2) is 7.08. The summed E-state index contributed by atoms with van der Waals surface area (Å²) in [6, 6.07) is -1.40. The van der Waals surface area contributed by atoms with Gasteiger partial charge in [0, 0.05) is 26.2 Å². The number of carbonyl (C=O) groups is 2. The van der Waals surface area contributed by atoms with Crippen molar-refractivity contribution in [3.63, 3.8) is 0 Å². The fraction of sp³-hybridized carbons (Fsp3) is 0.833. The normalized spacial score (nSPS) is 19.9. The molecule has 21 heavy (non-hydrogen) atoms. The Morgan fingerprint density at radius 3 is 2.14 bits per heavy atom. The fourth-order valence-electron chi connectivity index (χ4n) is 2.13. The standard InChI is InChI=1S/C12H23N3O5S/c1-4-9(2)10(11(16)17)13-12(18)14-5-7-15(8-6-14)21(3,19)20/h9-10H,4-8H2,1-3H3,(H,13,18)(H,16,17)/t9-,10-/m0/s1. The van der Waals surface area contributed by atoms with Gasteiger partial charge in [-0.2, -0.15) is 4.31 Å². The van der Waals surface area contributed by atoms with Crippen LogP contribution >= 0.6 is 0 Å². The third kappa shape index (κ3) is 4.85. The van der Waals surface area contributed by atoms with Gasteiger partial charge < -0.3 is 15.3 Å². The maximum Gasteiger partial charge on any atom is 0.326 e. The summed E-state index contributed by atoms with van der Waals surface area (Å²) in [6.07, 6.45) is 1.77. The summed E-state index contributed by atoms with van der Waals surface area (Å²) in [5, 5.41) is 11.7. The number of carboxylic acids is 1. The number of piperazine rings is 1. The Hall–Kier alpha value is -1.35. The van der Waals surface area contributed by atoms with Gasteiger partial charge in [-0.1, -0.05) is 20.3 Å². The molecule has 0 aromatic carbocycles. The highest BCUT2D eigenvalue weighted by Crippen LogP contribution is 2.10. The monoisotopic (exact) mass is 321 g/mol. The summed E-state index contributed by atoms with van der Waals surface area (Å²) < 4.78 is 24.1. The number of nitrogens with zero attached hydrogens (tertiary/aromatic N) is 2. The van der Waals surface area contributed by atoms with E-state index in [0.29, 0.717) is 6.42 Å². The summed E-state index contributed by atoms with van der Waals surface area (Å²) in [6.45, 7) is 4.59. The van der Waals surface area contributed by atoms with Crippen molar-refractivity contribution in [3.8, 4) is 0 Å². The zero-order valence-corrected chi connectivity index (χ0v) is 13.4. The number of nitrogens with one attached hydrogen (secondary N) is 1. The fourth-order valence-corrected chi connectivity index (χ4v) is 2.96. The van der Waals surface area contributed by atoms with Crippen LogP contribution in [0.1, 0.15) is 20.3 Å². The molecule has 1 rings (SSSR count). The lowest BCUT2D eigenvalue weighted by Gasteiger charge is -2.34. The summed E-state index contributed by atoms with van der Waals surface area (Å²) >= 11 is 0. The number of carbonyl (C=O) groups excluding carboxylic acids is 1. The first-order chi connectivity index (χ1) is 9.66. The summed E-state index contributed by atoms with van der Waals surface area (Å²) in [5.74, 6) is -1.24. The molecule has 2 atom stereocenters. The quantitative estimate of drug-likeness (QED) is 0.727. The minimum Gasteiger partial charge on any atom is -0.480 e. The van der Waals surface area contributed by atoms with Crippen molar-refractivity contribution in [2.24, 2.45) is 5.92 Å². The van der Waals surface area contributed by atoms with Crippen molar-refractivity contribution >= 4 is 22.0 Å². The molecule has 2 amide bonds. The van der Waals surface area contributed by atoms with Crippen LogP contribution in [0.15, 0.2) is 0 Å². The third-order valence-corrected chi connectivity index (χ3v) is 5.06. The molecule has 9 heteroatoms. The molecule has 8 nitrogen and oxygen atoms in total. The van der Waals surface area contributed by atoms with Gasteiger partial charge in [-0.15, -0.1) is 0 Å². The van der Waals surface area contributed by atoms with Crippen molar-refractivity contribution in [3.05, 3.63) is 0 Å². The predicted molar refractivity (Wildman–Crippen MR) is 77.4 cm³/mol. The molecule has 1 saturated heterocycles.